The van der Waals surface area contributed by atoms with Gasteiger partial charge in [0.1, 0.15) is 5.75 Å². The van der Waals surface area contributed by atoms with E-state index in [1.807, 2.05) is 12.1 Å². The molecule has 3 aromatic carbocycles. The van der Waals surface area contributed by atoms with E-state index in [-0.39, 0.29) is 67.6 Å². The van der Waals surface area contributed by atoms with Gasteiger partial charge in [0.25, 0.3) is 0 Å². The van der Waals surface area contributed by atoms with Crippen molar-refractivity contribution in [1.82, 2.24) is 0 Å². The first-order valence-corrected chi connectivity index (χ1v) is 53.3. The van der Waals surface area contributed by atoms with Crippen LogP contribution in [0.4, 0.5) is 4.39 Å². The SMILES string of the molecule is CC(C)(C)c1ccc(O)c(Br)c1.C[CH](C)[Ge]([CH2]Cl)([CH2]Cl)[CH](C)C.C[CH](C)[Ge]([CH2]Oc1ccc(C(C)(C)C)cc1Br)([CH2]Oc1ccc(C(C)(C)C)cc1Br)[CH](C)C.O=[P+]([O-])O[O-].[2H]CF.[K+].[K][K]. The zero-order chi connectivity index (χ0) is 52.6. The first kappa shape index (κ1) is 75.2. The molecule has 3 rings (SSSR count). The van der Waals surface area contributed by atoms with Crippen LogP contribution in [0.2, 0.25) is 19.0 Å². The monoisotopic (exact) mass is 1370 g/mol. The Morgan fingerprint density at radius 3 is 1.11 bits per heavy atom. The summed E-state index contributed by atoms with van der Waals surface area (Å²) in [4.78, 5) is 8.87. The van der Waals surface area contributed by atoms with Crippen molar-refractivity contribution < 1.29 is 91.1 Å². The van der Waals surface area contributed by atoms with E-state index in [0.717, 1.165) is 54.7 Å². The molecule has 0 aliphatic carbocycles. The van der Waals surface area contributed by atoms with E-state index in [1.165, 1.54) is 79.8 Å². The molecule has 0 saturated carbocycles. The van der Waals surface area contributed by atoms with E-state index in [0.29, 0.717) is 15.3 Å². The molecule has 66 heavy (non-hydrogen) atoms. The normalized spacial score (nSPS) is 12.1. The van der Waals surface area contributed by atoms with Gasteiger partial charge in [-0.25, -0.2) is 4.67 Å². The van der Waals surface area contributed by atoms with Crippen LogP contribution >= 0.6 is 79.2 Å². The average molecular weight is 1380 g/mol. The fourth-order valence-corrected chi connectivity index (χ4v) is 28.6. The Morgan fingerprint density at radius 2 is 0.924 bits per heavy atom. The minimum atomic E-state index is -3.15. The number of halogens is 6. The molecular weight excluding hydrogens is 1300 g/mol. The first-order valence-electron chi connectivity index (χ1n) is 22.7. The number of alkyl halides is 3. The molecule has 0 amide bonds. The van der Waals surface area contributed by atoms with Crippen molar-refractivity contribution in [1.29, 1.82) is 0 Å². The van der Waals surface area contributed by atoms with Gasteiger partial charge in [0.05, 0.1) is 13.0 Å². The summed E-state index contributed by atoms with van der Waals surface area (Å²) in [5.41, 5.74) is 5.73. The van der Waals surface area contributed by atoms with Crippen molar-refractivity contribution in [3.8, 4) is 17.2 Å². The second-order valence-electron chi connectivity index (χ2n) is 19.9. The zero-order valence-corrected chi connectivity index (χ0v) is 64.4. The molecule has 0 spiro atoms. The van der Waals surface area contributed by atoms with Gasteiger partial charge in [0.15, 0.2) is 0 Å². The molecule has 0 radical (unpaired) electrons. The van der Waals surface area contributed by atoms with Crippen LogP contribution in [0.25, 0.3) is 0 Å². The standard InChI is InChI=1S/C28H42Br2GeO2.C10H13BrO.C8H18Cl2Ge.CH3F.3K.HO4P/c1-19(2)31(20(3)4,17-32-25-13-11-21(15-23(25)29)27(5,6)7)18-33-26-14-12-22(16-24(26)30)28(8,9)10;1-10(2,3)7-4-5-9(12)8(11)6-7;1-7(2)11(5-9,6-10)8(3)4;1-2;;;;1-4-5(2)3/h11-16,19-20H,17-18H2,1-10H3;4-6,12H,1-3H3;7-8H,5-6H2,1-4H3;1H3;;;;1H/q;;;;;;+1;/p-1/i;;;1D;;;;. The van der Waals surface area contributed by atoms with Gasteiger partial charge in [-0.2, -0.15) is 0 Å². The molecule has 0 heterocycles. The van der Waals surface area contributed by atoms with Gasteiger partial charge in [-0.1, -0.05) is 26.8 Å². The fourth-order valence-electron chi connectivity index (χ4n) is 6.26. The van der Waals surface area contributed by atoms with Gasteiger partial charge < -0.3 is 15.3 Å². The van der Waals surface area contributed by atoms with Crippen LogP contribution in [0, 0.1) is 0 Å². The Morgan fingerprint density at radius 1 is 0.667 bits per heavy atom. The summed E-state index contributed by atoms with van der Waals surface area (Å²) < 4.78 is 47.0. The summed E-state index contributed by atoms with van der Waals surface area (Å²) in [6, 6.07) is 18.6. The van der Waals surface area contributed by atoms with Crippen molar-refractivity contribution >= 4 is 169 Å². The molecule has 0 fully saturated rings. The molecule has 3 aromatic rings. The number of ether oxygens (including phenoxy) is 2. The Hall–Kier alpha value is 4.98. The van der Waals surface area contributed by atoms with Gasteiger partial charge in [-0.3, -0.25) is 4.39 Å². The van der Waals surface area contributed by atoms with Crippen molar-refractivity contribution in [2.24, 2.45) is 0 Å². The van der Waals surface area contributed by atoms with Crippen LogP contribution in [0.1, 0.15) is 136 Å². The third-order valence-electron chi connectivity index (χ3n) is 11.6. The van der Waals surface area contributed by atoms with Gasteiger partial charge in [0.2, 0.25) is 0 Å². The first-order chi connectivity index (χ1) is 30.2. The van der Waals surface area contributed by atoms with Crippen molar-refractivity contribution in [3.63, 3.8) is 0 Å². The molecule has 0 saturated heterocycles. The summed E-state index contributed by atoms with van der Waals surface area (Å²) in [6.45, 7) is 38.3. The number of benzene rings is 3. The molecule has 0 aliphatic heterocycles. The van der Waals surface area contributed by atoms with Crippen LogP contribution < -0.4 is 71.0 Å². The number of hydrogen-bond acceptors (Lipinski definition) is 7. The average Bonchev–Trinajstić information content (AvgIpc) is 3.20. The van der Waals surface area contributed by atoms with Crippen LogP contribution in [-0.2, 0) is 25.5 Å². The maximum absolute atomic E-state index is 9.96. The summed E-state index contributed by atoms with van der Waals surface area (Å²) in [6.07, 6.45) is 0. The third-order valence-corrected chi connectivity index (χ3v) is 43.0. The van der Waals surface area contributed by atoms with Crippen molar-refractivity contribution in [2.75, 3.05) is 27.5 Å². The topological polar surface area (TPSA) is 111 Å². The third kappa shape index (κ3) is 28.4. The van der Waals surface area contributed by atoms with Crippen LogP contribution in [0.3, 0.4) is 0 Å². The predicted molar refractivity (Wildman–Crippen MR) is 292 cm³/mol. The molecule has 0 aromatic heterocycles. The van der Waals surface area contributed by atoms with Gasteiger partial charge in [-0.05, 0) is 43.6 Å². The Kier molecular flexibility index (Phi) is 43.9. The van der Waals surface area contributed by atoms with Gasteiger partial charge >= 0.3 is 429 Å². The second-order valence-corrected chi connectivity index (χ2v) is 48.2. The van der Waals surface area contributed by atoms with E-state index < -0.39 is 41.9 Å². The fraction of sp³-hybridized carbons (Fsp3) is 0.617. The van der Waals surface area contributed by atoms with Crippen molar-refractivity contribution in [2.45, 2.75) is 153 Å². The van der Waals surface area contributed by atoms with E-state index in [4.69, 9.17) is 48.8 Å². The number of aromatic hydroxyl groups is 1. The molecule has 1 N–H and O–H groups in total. The van der Waals surface area contributed by atoms with Crippen LogP contribution in [-0.4, -0.2) is 122 Å². The summed E-state index contributed by atoms with van der Waals surface area (Å²) in [7, 11) is -4.15. The van der Waals surface area contributed by atoms with E-state index in [1.54, 1.807) is 6.07 Å². The van der Waals surface area contributed by atoms with E-state index in [9.17, 15) is 9.50 Å². The molecule has 364 valence electrons. The van der Waals surface area contributed by atoms with Crippen LogP contribution in [0.5, 0.6) is 17.2 Å². The summed E-state index contributed by atoms with van der Waals surface area (Å²) in [5.74, 6) is 2.15. The molecular formula is C47H76Br3Cl2FGe2K3O7P. The van der Waals surface area contributed by atoms with Gasteiger partial charge in [0, 0.05) is 0 Å². The summed E-state index contributed by atoms with van der Waals surface area (Å²) >= 11 is 20.8. The maximum atomic E-state index is 9.96. The van der Waals surface area contributed by atoms with Crippen LogP contribution in [0.15, 0.2) is 68.0 Å². The molecule has 0 aliphatic rings. The molecule has 1 unspecified atom stereocenters. The Labute approximate surface area is 531 Å². The number of phenolic OH excluding ortho intramolecular Hbond substituents is 1. The van der Waals surface area contributed by atoms with E-state index >= 15 is 0 Å². The Bertz CT molecular complexity index is 1750. The minimum absolute atomic E-state index is 0. The number of hydrogen-bond donors (Lipinski definition) is 1. The molecule has 7 nitrogen and oxygen atoms in total. The van der Waals surface area contributed by atoms with E-state index in [2.05, 4.69) is 207 Å². The Balaban J connectivity index is -0.000000475. The molecule has 0 bridgehead atoms. The quantitative estimate of drug-likeness (QED) is 0.0597. The zero-order valence-electron chi connectivity index (χ0n) is 44.7. The second kappa shape index (κ2) is 38.5. The van der Waals surface area contributed by atoms with Crippen molar-refractivity contribution in [3.05, 3.63) is 84.7 Å². The number of phenols is 1. The molecule has 19 heteroatoms. The van der Waals surface area contributed by atoms with Gasteiger partial charge in [-0.15, -0.1) is 0 Å². The number of rotatable bonds is 13. The predicted octanol–water partition coefficient (Wildman–Crippen LogP) is 12.0. The summed E-state index contributed by atoms with van der Waals surface area (Å²) in [5, 5.41) is 17.8. The molecule has 1 atom stereocenters.